The van der Waals surface area contributed by atoms with Gasteiger partial charge < -0.3 is 20.4 Å². The van der Waals surface area contributed by atoms with Gasteiger partial charge in [0.25, 0.3) is 0 Å². The van der Waals surface area contributed by atoms with Crippen molar-refractivity contribution >= 4 is 29.3 Å². The molecule has 0 spiro atoms. The van der Waals surface area contributed by atoms with Gasteiger partial charge in [-0.2, -0.15) is 0 Å². The van der Waals surface area contributed by atoms with Gasteiger partial charge in [-0.25, -0.2) is 9.59 Å². The smallest absolute Gasteiger partial charge is 0.332 e. The maximum Gasteiger partial charge on any atom is 0.332 e. The predicted octanol–water partition coefficient (Wildman–Crippen LogP) is -2.29. The maximum atomic E-state index is 9.45. The van der Waals surface area contributed by atoms with Gasteiger partial charge in [-0.05, 0) is 13.8 Å². The number of carbonyl (C=O) groups is 2. The number of aliphatic hydroxyl groups excluding tert-OH is 2. The van der Waals surface area contributed by atoms with E-state index in [9.17, 15) is 9.59 Å². The van der Waals surface area contributed by atoms with Crippen LogP contribution in [0.15, 0.2) is 0 Å². The van der Waals surface area contributed by atoms with E-state index in [2.05, 4.69) is 0 Å². The van der Waals surface area contributed by atoms with Crippen LogP contribution in [0.1, 0.15) is 13.8 Å². The van der Waals surface area contributed by atoms with E-state index in [1.165, 1.54) is 13.8 Å². The van der Waals surface area contributed by atoms with Crippen LogP contribution in [0.2, 0.25) is 0 Å². The van der Waals surface area contributed by atoms with Crippen molar-refractivity contribution in [2.75, 3.05) is 0 Å². The minimum absolute atomic E-state index is 0. The van der Waals surface area contributed by atoms with Gasteiger partial charge in [-0.1, -0.05) is 0 Å². The van der Waals surface area contributed by atoms with Gasteiger partial charge in [0.05, 0.1) is 0 Å². The molecule has 0 heterocycles. The zero-order valence-electron chi connectivity index (χ0n) is 7.97. The summed E-state index contributed by atoms with van der Waals surface area (Å²) in [7, 11) is 0. The molecule has 0 aromatic carbocycles. The number of rotatable bonds is 2. The second-order valence-electron chi connectivity index (χ2n) is 2.03. The molecule has 0 rings (SSSR count). The quantitative estimate of drug-likeness (QED) is 0.409. The summed E-state index contributed by atoms with van der Waals surface area (Å²) in [5, 5.41) is 31.5. The van der Waals surface area contributed by atoms with E-state index in [0.717, 1.165) is 0 Å². The molecule has 0 aliphatic carbocycles. The summed E-state index contributed by atoms with van der Waals surface area (Å²) in [6.07, 6.45) is -2.46. The van der Waals surface area contributed by atoms with Crippen molar-refractivity contribution in [2.24, 2.45) is 0 Å². The normalized spacial score (nSPS) is 10.9. The van der Waals surface area contributed by atoms with E-state index in [1.54, 1.807) is 0 Å². The van der Waals surface area contributed by atoms with Gasteiger partial charge in [-0.3, -0.25) is 0 Å². The molecular weight excluding hydrogens is 352 g/mol. The number of hydrogen-bond donors (Lipinski definition) is 4. The average Bonchev–Trinajstić information content (AvgIpc) is 1.88. The van der Waals surface area contributed by atoms with Crippen LogP contribution in [0, 0.1) is 0 Å². The molecule has 0 fully saturated rings. The van der Waals surface area contributed by atoms with Gasteiger partial charge in [0.15, 0.2) is 17.4 Å². The fraction of sp³-hybridized carbons (Fsp3) is 0.667. The van der Waals surface area contributed by atoms with E-state index in [4.69, 9.17) is 20.4 Å². The van der Waals surface area contributed by atoms with Crippen molar-refractivity contribution in [1.29, 1.82) is 0 Å². The van der Waals surface area contributed by atoms with Gasteiger partial charge >= 0.3 is 11.9 Å². The number of hydrogen-bond acceptors (Lipinski definition) is 4. The summed E-state index contributed by atoms with van der Waals surface area (Å²) in [5.41, 5.74) is 0. The van der Waals surface area contributed by atoms with Crippen LogP contribution in [-0.4, -0.2) is 61.9 Å². The van der Waals surface area contributed by atoms with Crippen molar-refractivity contribution in [3.8, 4) is 0 Å². The molecule has 6 nitrogen and oxygen atoms in total. The Bertz CT molecular complexity index is 148. The van der Waals surface area contributed by atoms with Crippen molar-refractivity contribution in [1.82, 2.24) is 0 Å². The Labute approximate surface area is 130 Å². The monoisotopic (exact) mass is 364 g/mol. The number of aliphatic hydroxyl groups is 2. The van der Waals surface area contributed by atoms with Crippen LogP contribution >= 0.6 is 0 Å². The summed E-state index contributed by atoms with van der Waals surface area (Å²) >= 11 is 0. The molecule has 2 atom stereocenters. The molecule has 0 aromatic heterocycles. The van der Waals surface area contributed by atoms with Crippen LogP contribution < -0.4 is 0 Å². The SMILES string of the molecule is CC(O)C(=O)O.CC(O)C(=O)O.[AlH3].[Zn].[Zr]. The third kappa shape index (κ3) is 31.3. The first-order valence-corrected chi connectivity index (χ1v) is 3.10. The minimum atomic E-state index is -1.23. The first-order chi connectivity index (χ1) is 5.29. The first-order valence-electron chi connectivity index (χ1n) is 3.10. The van der Waals surface area contributed by atoms with Crippen molar-refractivity contribution in [3.05, 3.63) is 0 Å². The third-order valence-electron chi connectivity index (χ3n) is 0.715. The van der Waals surface area contributed by atoms with Gasteiger partial charge in [0, 0.05) is 45.7 Å². The molecule has 0 aliphatic heterocycles. The molecule has 4 N–H and O–H groups in total. The standard InChI is InChI=1S/2C3H6O3.Al.Zn.Zr.3H/c2*1-2(4)3(5)6;;;;;;/h2*2,4H,1H3,(H,5,6);;;;;;. The molecule has 0 saturated heterocycles. The zero-order valence-corrected chi connectivity index (χ0v) is 13.4. The molecule has 0 saturated carbocycles. The Hall–Kier alpha value is 0.899. The van der Waals surface area contributed by atoms with Crippen molar-refractivity contribution in [2.45, 2.75) is 26.1 Å². The largest absolute Gasteiger partial charge is 0.479 e. The Morgan fingerprint density at radius 1 is 0.933 bits per heavy atom. The van der Waals surface area contributed by atoms with E-state index >= 15 is 0 Å². The number of carboxylic acid groups (broad SMARTS) is 2. The van der Waals surface area contributed by atoms with Gasteiger partial charge in [0.2, 0.25) is 0 Å². The summed E-state index contributed by atoms with van der Waals surface area (Å²) in [6, 6.07) is 0. The zero-order chi connectivity index (χ0) is 10.3. The van der Waals surface area contributed by atoms with Crippen LogP contribution in [-0.2, 0) is 55.3 Å². The van der Waals surface area contributed by atoms with Crippen LogP contribution in [0.25, 0.3) is 0 Å². The molecule has 15 heavy (non-hydrogen) atoms. The Morgan fingerprint density at radius 2 is 1.00 bits per heavy atom. The molecule has 0 bridgehead atoms. The topological polar surface area (TPSA) is 115 Å². The third-order valence-corrected chi connectivity index (χ3v) is 0.715. The fourth-order valence-corrected chi connectivity index (χ4v) is 0. The maximum absolute atomic E-state index is 9.45. The molecule has 84 valence electrons. The van der Waals surface area contributed by atoms with Crippen LogP contribution in [0.4, 0.5) is 0 Å². The molecule has 0 aliphatic rings. The number of aliphatic carboxylic acids is 2. The van der Waals surface area contributed by atoms with E-state index in [1.807, 2.05) is 0 Å². The van der Waals surface area contributed by atoms with Crippen molar-refractivity contribution < 1.29 is 75.7 Å². The molecule has 9 heteroatoms. The second-order valence-corrected chi connectivity index (χ2v) is 2.03. The second kappa shape index (κ2) is 17.3. The summed E-state index contributed by atoms with van der Waals surface area (Å²) in [5.74, 6) is -2.37. The average molecular weight is 367 g/mol. The van der Waals surface area contributed by atoms with Gasteiger partial charge in [-0.15, -0.1) is 0 Å². The van der Waals surface area contributed by atoms with Gasteiger partial charge in [0.1, 0.15) is 12.2 Å². The predicted molar refractivity (Wildman–Crippen MR) is 48.6 cm³/mol. The first kappa shape index (κ1) is 29.7. The Balaban J connectivity index is -0.0000000370. The number of carboxylic acids is 2. The Morgan fingerprint density at radius 3 is 1.00 bits per heavy atom. The minimum Gasteiger partial charge on any atom is -0.479 e. The van der Waals surface area contributed by atoms with Crippen LogP contribution in [0.3, 0.4) is 0 Å². The van der Waals surface area contributed by atoms with E-state index in [0.29, 0.717) is 0 Å². The Kier molecular flexibility index (Phi) is 34.3. The summed E-state index contributed by atoms with van der Waals surface area (Å²) in [6.45, 7) is 2.39. The van der Waals surface area contributed by atoms with E-state index < -0.39 is 24.1 Å². The van der Waals surface area contributed by atoms with E-state index in [-0.39, 0.29) is 63.0 Å². The molecular formula is C6H15AlO6ZnZr. The van der Waals surface area contributed by atoms with Crippen molar-refractivity contribution in [3.63, 3.8) is 0 Å². The molecule has 0 amide bonds. The fourth-order valence-electron chi connectivity index (χ4n) is 0. The summed E-state index contributed by atoms with van der Waals surface area (Å²) in [4.78, 5) is 18.9. The summed E-state index contributed by atoms with van der Waals surface area (Å²) < 4.78 is 0. The molecule has 0 radical (unpaired) electrons. The molecule has 0 aromatic rings. The molecule has 2 unspecified atom stereocenters. The van der Waals surface area contributed by atoms with Crippen LogP contribution in [0.5, 0.6) is 0 Å².